The van der Waals surface area contributed by atoms with E-state index in [1.165, 1.54) is 93.3 Å². The second-order valence-electron chi connectivity index (χ2n) is 11.5. The Morgan fingerprint density at radius 2 is 1.18 bits per heavy atom. The summed E-state index contributed by atoms with van der Waals surface area (Å²) in [5.74, 6) is -0.112. The lowest BCUT2D eigenvalue weighted by molar-refractivity contribution is -0.143. The Morgan fingerprint density at radius 3 is 1.72 bits per heavy atom. The maximum atomic E-state index is 12.1. The van der Waals surface area contributed by atoms with E-state index in [0.717, 1.165) is 58.2 Å². The molecule has 7 heteroatoms. The minimum absolute atomic E-state index is 0.0349. The summed E-state index contributed by atoms with van der Waals surface area (Å²) >= 11 is 0. The zero-order valence-electron chi connectivity index (χ0n) is 25.9. The first-order valence-corrected chi connectivity index (χ1v) is 16.4. The first-order valence-electron chi connectivity index (χ1n) is 16.4. The quantitative estimate of drug-likeness (QED) is 0.0598. The molecule has 0 spiro atoms. The summed E-state index contributed by atoms with van der Waals surface area (Å²) < 4.78 is 5.40. The highest BCUT2D eigenvalue weighted by Crippen LogP contribution is 2.12. The van der Waals surface area contributed by atoms with E-state index in [2.05, 4.69) is 18.7 Å². The van der Waals surface area contributed by atoms with Gasteiger partial charge in [-0.1, -0.05) is 104 Å². The monoisotopic (exact) mass is 551 g/mol. The van der Waals surface area contributed by atoms with Crippen molar-refractivity contribution in [2.75, 3.05) is 46.4 Å². The topological polar surface area (TPSA) is 70.2 Å². The standard InChI is InChI=1S/C32H61N3O4/c1-4-6-8-10-12-17-21-28-39-31(37)23-18-14-13-16-20-25-34(24-19-15-11-9-7-5-2)26-22-27-35-30(36)29-33(3)32(35)38/h4-29H2,1-3H3. The number of carbonyl (C=O) groups excluding carboxylic acids is 3. The number of rotatable bonds is 27. The zero-order valence-corrected chi connectivity index (χ0v) is 25.9. The van der Waals surface area contributed by atoms with Crippen LogP contribution in [0.3, 0.4) is 0 Å². The molecule has 1 aliphatic heterocycles. The summed E-state index contributed by atoms with van der Waals surface area (Å²) in [4.78, 5) is 41.6. The van der Waals surface area contributed by atoms with Crippen molar-refractivity contribution in [3.05, 3.63) is 0 Å². The van der Waals surface area contributed by atoms with Gasteiger partial charge in [0, 0.05) is 20.0 Å². The lowest BCUT2D eigenvalue weighted by Crippen LogP contribution is -2.35. The van der Waals surface area contributed by atoms with Crippen LogP contribution in [0.5, 0.6) is 0 Å². The zero-order chi connectivity index (χ0) is 28.6. The number of likely N-dealkylation sites (N-methyl/N-ethyl adjacent to an activating group) is 1. The van der Waals surface area contributed by atoms with Gasteiger partial charge in [-0.05, 0) is 51.7 Å². The maximum absolute atomic E-state index is 12.1. The van der Waals surface area contributed by atoms with Gasteiger partial charge in [-0.3, -0.25) is 14.5 Å². The van der Waals surface area contributed by atoms with E-state index in [0.29, 0.717) is 19.6 Å². The molecule has 0 radical (unpaired) electrons. The molecule has 228 valence electrons. The Kier molecular flexibility index (Phi) is 22.0. The van der Waals surface area contributed by atoms with E-state index < -0.39 is 0 Å². The van der Waals surface area contributed by atoms with Crippen LogP contribution in [0.15, 0.2) is 0 Å². The summed E-state index contributed by atoms with van der Waals surface area (Å²) in [7, 11) is 1.69. The number of nitrogens with zero attached hydrogens (tertiary/aromatic N) is 3. The van der Waals surface area contributed by atoms with Crippen molar-refractivity contribution in [1.82, 2.24) is 14.7 Å². The largest absolute Gasteiger partial charge is 0.466 e. The number of imide groups is 1. The van der Waals surface area contributed by atoms with Crippen molar-refractivity contribution in [1.29, 1.82) is 0 Å². The highest BCUT2D eigenvalue weighted by atomic mass is 16.5. The molecular formula is C32H61N3O4. The van der Waals surface area contributed by atoms with Crippen LogP contribution in [0.2, 0.25) is 0 Å². The molecule has 3 amide bonds. The summed E-state index contributed by atoms with van der Waals surface area (Å²) in [5.41, 5.74) is 0. The molecule has 0 unspecified atom stereocenters. The van der Waals surface area contributed by atoms with Gasteiger partial charge in [0.2, 0.25) is 5.91 Å². The normalized spacial score (nSPS) is 13.7. The number of carbonyl (C=O) groups is 3. The minimum atomic E-state index is -0.163. The average Bonchev–Trinajstić information content (AvgIpc) is 3.16. The van der Waals surface area contributed by atoms with Crippen LogP contribution in [-0.2, 0) is 14.3 Å². The van der Waals surface area contributed by atoms with Gasteiger partial charge in [0.05, 0.1) is 6.61 Å². The summed E-state index contributed by atoms with van der Waals surface area (Å²) in [6.45, 7) is 8.88. The van der Waals surface area contributed by atoms with E-state index in [9.17, 15) is 14.4 Å². The number of urea groups is 1. The number of ether oxygens (including phenoxy) is 1. The number of amides is 3. The third-order valence-electron chi connectivity index (χ3n) is 7.78. The van der Waals surface area contributed by atoms with E-state index in [1.807, 2.05) is 0 Å². The summed E-state index contributed by atoms with van der Waals surface area (Å²) in [6, 6.07) is -0.163. The molecule has 1 saturated heterocycles. The van der Waals surface area contributed by atoms with Crippen molar-refractivity contribution < 1.29 is 19.1 Å². The van der Waals surface area contributed by atoms with Crippen molar-refractivity contribution in [3.8, 4) is 0 Å². The molecule has 1 rings (SSSR count). The third-order valence-corrected chi connectivity index (χ3v) is 7.78. The summed E-state index contributed by atoms with van der Waals surface area (Å²) in [6.07, 6.45) is 23.3. The number of hydrogen-bond acceptors (Lipinski definition) is 5. The molecule has 7 nitrogen and oxygen atoms in total. The Bertz CT molecular complexity index is 643. The third kappa shape index (κ3) is 18.4. The molecule has 0 aromatic rings. The van der Waals surface area contributed by atoms with Gasteiger partial charge in [0.1, 0.15) is 6.54 Å². The molecule has 0 N–H and O–H groups in total. The van der Waals surface area contributed by atoms with E-state index in [4.69, 9.17) is 4.74 Å². The molecule has 1 fully saturated rings. The van der Waals surface area contributed by atoms with Crippen molar-refractivity contribution in [2.45, 2.75) is 142 Å². The first kappa shape index (κ1) is 35.4. The van der Waals surface area contributed by atoms with Crippen molar-refractivity contribution in [3.63, 3.8) is 0 Å². The van der Waals surface area contributed by atoms with Crippen LogP contribution in [0, 0.1) is 0 Å². The molecule has 0 bridgehead atoms. The Labute approximate surface area is 240 Å². The fraction of sp³-hybridized carbons (Fsp3) is 0.906. The van der Waals surface area contributed by atoms with Gasteiger partial charge in [-0.25, -0.2) is 4.79 Å². The highest BCUT2D eigenvalue weighted by molar-refractivity contribution is 6.01. The second kappa shape index (κ2) is 24.2. The molecule has 1 aliphatic rings. The van der Waals surface area contributed by atoms with E-state index in [1.54, 1.807) is 7.05 Å². The van der Waals surface area contributed by atoms with Crippen molar-refractivity contribution >= 4 is 17.9 Å². The number of hydrogen-bond donors (Lipinski definition) is 0. The predicted molar refractivity (Wildman–Crippen MR) is 161 cm³/mol. The van der Waals surface area contributed by atoms with E-state index in [-0.39, 0.29) is 24.5 Å². The van der Waals surface area contributed by atoms with Gasteiger partial charge < -0.3 is 14.5 Å². The Hall–Kier alpha value is -1.63. The molecule has 0 aromatic heterocycles. The first-order chi connectivity index (χ1) is 19.0. The molecule has 0 saturated carbocycles. The van der Waals surface area contributed by atoms with Gasteiger partial charge >= 0.3 is 12.0 Å². The lowest BCUT2D eigenvalue weighted by atomic mass is 10.1. The SMILES string of the molecule is CCCCCCCCCOC(=O)CCCCCCCN(CCCCCCCC)CCCN1C(=O)CN(C)C1=O. The van der Waals surface area contributed by atoms with Crippen LogP contribution >= 0.6 is 0 Å². The van der Waals surface area contributed by atoms with Gasteiger partial charge in [-0.2, -0.15) is 0 Å². The highest BCUT2D eigenvalue weighted by Gasteiger charge is 2.32. The average molecular weight is 552 g/mol. The molecule has 0 aromatic carbocycles. The molecule has 1 heterocycles. The van der Waals surface area contributed by atoms with Gasteiger partial charge in [0.15, 0.2) is 0 Å². The van der Waals surface area contributed by atoms with Crippen LogP contribution in [-0.4, -0.2) is 79.0 Å². The van der Waals surface area contributed by atoms with Crippen molar-refractivity contribution in [2.24, 2.45) is 0 Å². The number of esters is 1. The predicted octanol–water partition coefficient (Wildman–Crippen LogP) is 7.57. The van der Waals surface area contributed by atoms with Crippen LogP contribution in [0.1, 0.15) is 142 Å². The molecule has 0 atom stereocenters. The number of unbranched alkanes of at least 4 members (excludes halogenated alkanes) is 15. The Morgan fingerprint density at radius 1 is 0.692 bits per heavy atom. The minimum Gasteiger partial charge on any atom is -0.466 e. The van der Waals surface area contributed by atoms with Gasteiger partial charge in [0.25, 0.3) is 0 Å². The van der Waals surface area contributed by atoms with Crippen LogP contribution < -0.4 is 0 Å². The maximum Gasteiger partial charge on any atom is 0.326 e. The Balaban J connectivity index is 2.14. The van der Waals surface area contributed by atoms with Gasteiger partial charge in [-0.15, -0.1) is 0 Å². The summed E-state index contributed by atoms with van der Waals surface area (Å²) in [5, 5.41) is 0. The smallest absolute Gasteiger partial charge is 0.326 e. The fourth-order valence-corrected chi connectivity index (χ4v) is 5.24. The fourth-order valence-electron chi connectivity index (χ4n) is 5.24. The molecule has 39 heavy (non-hydrogen) atoms. The van der Waals surface area contributed by atoms with Crippen LogP contribution in [0.25, 0.3) is 0 Å². The molecule has 0 aliphatic carbocycles. The van der Waals surface area contributed by atoms with E-state index >= 15 is 0 Å². The van der Waals surface area contributed by atoms with Crippen LogP contribution in [0.4, 0.5) is 4.79 Å². The molecular weight excluding hydrogens is 490 g/mol. The second-order valence-corrected chi connectivity index (χ2v) is 11.5. The lowest BCUT2D eigenvalue weighted by Gasteiger charge is -2.23.